The second-order valence-corrected chi connectivity index (χ2v) is 5.44. The molecule has 0 aliphatic heterocycles. The van der Waals surface area contributed by atoms with Crippen LogP contribution in [0.15, 0.2) is 18.6 Å². The number of hydrogen-bond donors (Lipinski definition) is 2. The van der Waals surface area contributed by atoms with Crippen molar-refractivity contribution in [2.75, 3.05) is 0 Å². The van der Waals surface area contributed by atoms with Crippen LogP contribution in [0.4, 0.5) is 4.79 Å². The van der Waals surface area contributed by atoms with Gasteiger partial charge in [-0.2, -0.15) is 0 Å². The van der Waals surface area contributed by atoms with Crippen LogP contribution in [0.2, 0.25) is 0 Å². The Morgan fingerprint density at radius 1 is 1.22 bits per heavy atom. The first kappa shape index (κ1) is 16.9. The Morgan fingerprint density at radius 2 is 1.96 bits per heavy atom. The van der Waals surface area contributed by atoms with Crippen molar-refractivity contribution in [3.63, 3.8) is 0 Å². The predicted molar refractivity (Wildman–Crippen MR) is 80.5 cm³/mol. The van der Waals surface area contributed by atoms with Gasteiger partial charge in [0.2, 0.25) is 0 Å². The Morgan fingerprint density at radius 3 is 2.61 bits per heavy atom. The molecule has 0 aromatic carbocycles. The average molecular weight is 320 g/mol. The molecule has 0 spiro atoms. The van der Waals surface area contributed by atoms with E-state index in [2.05, 4.69) is 20.6 Å². The molecule has 0 unspecified atom stereocenters. The van der Waals surface area contributed by atoms with E-state index in [4.69, 9.17) is 4.74 Å². The van der Waals surface area contributed by atoms with E-state index in [1.54, 1.807) is 0 Å². The summed E-state index contributed by atoms with van der Waals surface area (Å²) in [5.41, 5.74) is -0.00110. The minimum Gasteiger partial charge on any atom is -0.448 e. The molecule has 23 heavy (non-hydrogen) atoms. The summed E-state index contributed by atoms with van der Waals surface area (Å²) in [7, 11) is 0. The molecular weight excluding hydrogens is 300 g/mol. The van der Waals surface area contributed by atoms with Crippen LogP contribution in [0.5, 0.6) is 0 Å². The fourth-order valence-electron chi connectivity index (χ4n) is 2.36. The summed E-state index contributed by atoms with van der Waals surface area (Å²) in [4.78, 5) is 42.9. The lowest BCUT2D eigenvalue weighted by atomic mass is 9.96. The summed E-state index contributed by atoms with van der Waals surface area (Å²) in [6, 6.07) is -0.474. The molecule has 2 rings (SSSR count). The lowest BCUT2D eigenvalue weighted by Gasteiger charge is -2.23. The second kappa shape index (κ2) is 8.21. The number of esters is 1. The first-order valence-corrected chi connectivity index (χ1v) is 7.64. The SMILES string of the molecule is C[C@@H](OC(=O)c1cnccn1)C(=O)NC(=O)NC1CCCCC1. The van der Waals surface area contributed by atoms with Crippen LogP contribution in [0.3, 0.4) is 0 Å². The molecule has 3 amide bonds. The Balaban J connectivity index is 1.77. The third kappa shape index (κ3) is 5.32. The standard InChI is InChI=1S/C15H20N4O4/c1-10(23-14(21)12-9-16-7-8-17-12)13(20)19-15(22)18-11-5-3-2-4-6-11/h7-11H,2-6H2,1H3,(H2,18,19,20,22)/t10-/m1/s1. The van der Waals surface area contributed by atoms with Gasteiger partial charge in [0.05, 0.1) is 6.20 Å². The van der Waals surface area contributed by atoms with E-state index in [1.807, 2.05) is 0 Å². The van der Waals surface area contributed by atoms with Crippen LogP contribution in [-0.2, 0) is 9.53 Å². The van der Waals surface area contributed by atoms with E-state index in [0.29, 0.717) is 0 Å². The van der Waals surface area contributed by atoms with Gasteiger partial charge in [-0.05, 0) is 19.8 Å². The van der Waals surface area contributed by atoms with E-state index in [-0.39, 0.29) is 11.7 Å². The normalized spacial score (nSPS) is 16.2. The summed E-state index contributed by atoms with van der Waals surface area (Å²) < 4.78 is 4.96. The van der Waals surface area contributed by atoms with Gasteiger partial charge in [0, 0.05) is 18.4 Å². The van der Waals surface area contributed by atoms with Crippen molar-refractivity contribution >= 4 is 17.9 Å². The molecule has 0 radical (unpaired) electrons. The fourth-order valence-corrected chi connectivity index (χ4v) is 2.36. The summed E-state index contributed by atoms with van der Waals surface area (Å²) in [6.07, 6.45) is 8.05. The van der Waals surface area contributed by atoms with E-state index < -0.39 is 24.0 Å². The molecule has 1 heterocycles. The fraction of sp³-hybridized carbons (Fsp3) is 0.533. The number of urea groups is 1. The summed E-state index contributed by atoms with van der Waals surface area (Å²) >= 11 is 0. The van der Waals surface area contributed by atoms with Crippen molar-refractivity contribution in [1.82, 2.24) is 20.6 Å². The molecule has 124 valence electrons. The molecule has 1 aliphatic rings. The Labute approximate surface area is 134 Å². The zero-order valence-electron chi connectivity index (χ0n) is 12.9. The van der Waals surface area contributed by atoms with Gasteiger partial charge in [-0.3, -0.25) is 15.1 Å². The molecule has 1 fully saturated rings. The van der Waals surface area contributed by atoms with Gasteiger partial charge in [0.15, 0.2) is 11.8 Å². The average Bonchev–Trinajstić information content (AvgIpc) is 2.56. The topological polar surface area (TPSA) is 110 Å². The number of ether oxygens (including phenoxy) is 1. The molecule has 1 aliphatic carbocycles. The summed E-state index contributed by atoms with van der Waals surface area (Å²) in [5.74, 6) is -1.45. The summed E-state index contributed by atoms with van der Waals surface area (Å²) in [5, 5.41) is 4.94. The molecule has 2 N–H and O–H groups in total. The first-order chi connectivity index (χ1) is 11.1. The largest absolute Gasteiger partial charge is 0.448 e. The maximum atomic E-state index is 11.9. The number of amides is 3. The third-order valence-electron chi connectivity index (χ3n) is 3.60. The van der Waals surface area contributed by atoms with Crippen molar-refractivity contribution in [2.45, 2.75) is 51.2 Å². The van der Waals surface area contributed by atoms with Crippen LogP contribution in [0, 0.1) is 0 Å². The maximum absolute atomic E-state index is 11.9. The summed E-state index contributed by atoms with van der Waals surface area (Å²) in [6.45, 7) is 1.39. The van der Waals surface area contributed by atoms with Crippen molar-refractivity contribution < 1.29 is 19.1 Å². The van der Waals surface area contributed by atoms with E-state index in [1.165, 1.54) is 31.9 Å². The monoisotopic (exact) mass is 320 g/mol. The van der Waals surface area contributed by atoms with Crippen LogP contribution in [0.1, 0.15) is 49.5 Å². The molecular formula is C15H20N4O4. The lowest BCUT2D eigenvalue weighted by molar-refractivity contribution is -0.127. The molecule has 1 aromatic heterocycles. The lowest BCUT2D eigenvalue weighted by Crippen LogP contribution is -2.48. The van der Waals surface area contributed by atoms with Gasteiger partial charge >= 0.3 is 12.0 Å². The number of rotatable bonds is 4. The van der Waals surface area contributed by atoms with Gasteiger partial charge in [-0.15, -0.1) is 0 Å². The van der Waals surface area contributed by atoms with Gasteiger partial charge in [-0.25, -0.2) is 14.6 Å². The van der Waals surface area contributed by atoms with Crippen molar-refractivity contribution in [3.05, 3.63) is 24.3 Å². The number of carbonyl (C=O) groups excluding carboxylic acids is 3. The zero-order valence-corrected chi connectivity index (χ0v) is 12.9. The highest BCUT2D eigenvalue weighted by molar-refractivity contribution is 5.98. The number of carbonyl (C=O) groups is 3. The molecule has 1 atom stereocenters. The maximum Gasteiger partial charge on any atom is 0.359 e. The highest BCUT2D eigenvalue weighted by Gasteiger charge is 2.23. The number of aromatic nitrogens is 2. The van der Waals surface area contributed by atoms with Crippen LogP contribution >= 0.6 is 0 Å². The van der Waals surface area contributed by atoms with E-state index in [0.717, 1.165) is 25.7 Å². The smallest absolute Gasteiger partial charge is 0.359 e. The van der Waals surface area contributed by atoms with E-state index in [9.17, 15) is 14.4 Å². The number of nitrogens with one attached hydrogen (secondary N) is 2. The molecule has 1 aromatic rings. The number of hydrogen-bond acceptors (Lipinski definition) is 6. The van der Waals surface area contributed by atoms with Crippen molar-refractivity contribution in [3.8, 4) is 0 Å². The van der Waals surface area contributed by atoms with Crippen LogP contribution in [-0.4, -0.2) is 40.0 Å². The first-order valence-electron chi connectivity index (χ1n) is 7.64. The molecule has 8 heteroatoms. The Kier molecular flexibility index (Phi) is 6.02. The highest BCUT2D eigenvalue weighted by atomic mass is 16.5. The zero-order chi connectivity index (χ0) is 16.7. The van der Waals surface area contributed by atoms with E-state index >= 15 is 0 Å². The highest BCUT2D eigenvalue weighted by Crippen LogP contribution is 2.17. The van der Waals surface area contributed by atoms with Gasteiger partial charge < -0.3 is 10.1 Å². The number of nitrogens with zero attached hydrogens (tertiary/aromatic N) is 2. The quantitative estimate of drug-likeness (QED) is 0.806. The molecule has 8 nitrogen and oxygen atoms in total. The minimum atomic E-state index is -1.11. The Hall–Kier alpha value is -2.51. The second-order valence-electron chi connectivity index (χ2n) is 5.44. The van der Waals surface area contributed by atoms with Crippen molar-refractivity contribution in [1.29, 1.82) is 0 Å². The number of imide groups is 1. The van der Waals surface area contributed by atoms with Gasteiger partial charge in [0.1, 0.15) is 0 Å². The minimum absolute atomic E-state index is 0.00110. The Bertz CT molecular complexity index is 558. The predicted octanol–water partition coefficient (Wildman–Crippen LogP) is 1.18. The molecule has 1 saturated carbocycles. The van der Waals surface area contributed by atoms with Gasteiger partial charge in [-0.1, -0.05) is 19.3 Å². The van der Waals surface area contributed by atoms with Crippen molar-refractivity contribution in [2.24, 2.45) is 0 Å². The molecule has 0 bridgehead atoms. The van der Waals surface area contributed by atoms with Gasteiger partial charge in [0.25, 0.3) is 5.91 Å². The molecule has 0 saturated heterocycles. The van der Waals surface area contributed by atoms with Crippen LogP contribution in [0.25, 0.3) is 0 Å². The van der Waals surface area contributed by atoms with Crippen LogP contribution < -0.4 is 10.6 Å². The third-order valence-corrected chi connectivity index (χ3v) is 3.60.